The van der Waals surface area contributed by atoms with E-state index in [-0.39, 0.29) is 5.56 Å². The normalized spacial score (nSPS) is 16.1. The first-order valence-electron chi connectivity index (χ1n) is 10.4. The maximum Gasteiger partial charge on any atom is 0.341 e. The number of aromatic carboxylic acids is 1. The lowest BCUT2D eigenvalue weighted by molar-refractivity contribution is 0.0694. The van der Waals surface area contributed by atoms with Gasteiger partial charge in [0.05, 0.1) is 17.3 Å². The molecule has 1 aliphatic heterocycles. The van der Waals surface area contributed by atoms with Gasteiger partial charge in [0.2, 0.25) is 0 Å². The smallest absolute Gasteiger partial charge is 0.341 e. The van der Waals surface area contributed by atoms with Crippen LogP contribution in [0, 0.1) is 11.3 Å². The number of carbonyl (C=O) groups is 1. The van der Waals surface area contributed by atoms with Gasteiger partial charge in [0, 0.05) is 31.5 Å². The van der Waals surface area contributed by atoms with Crippen LogP contribution in [0.4, 0.5) is 0 Å². The summed E-state index contributed by atoms with van der Waals surface area (Å²) < 4.78 is 1.39. The Morgan fingerprint density at radius 3 is 2.68 bits per heavy atom. The third-order valence-electron chi connectivity index (χ3n) is 6.16. The Balaban J connectivity index is 1.60. The average Bonchev–Trinajstić information content (AvgIpc) is 2.81. The van der Waals surface area contributed by atoms with Crippen molar-refractivity contribution in [3.8, 4) is 6.07 Å². The Morgan fingerprint density at radius 1 is 1.23 bits per heavy atom. The number of carboxylic acids is 1. The highest BCUT2D eigenvalue weighted by Crippen LogP contribution is 2.34. The summed E-state index contributed by atoms with van der Waals surface area (Å²) in [4.78, 5) is 31.0. The van der Waals surface area contributed by atoms with Gasteiger partial charge in [-0.1, -0.05) is 19.1 Å². The molecule has 1 saturated heterocycles. The quantitative estimate of drug-likeness (QED) is 0.686. The summed E-state index contributed by atoms with van der Waals surface area (Å²) in [7, 11) is 0. The first-order valence-corrected chi connectivity index (χ1v) is 10.4. The fourth-order valence-electron chi connectivity index (χ4n) is 4.30. The van der Waals surface area contributed by atoms with E-state index >= 15 is 0 Å². The van der Waals surface area contributed by atoms with Crippen LogP contribution in [0.3, 0.4) is 0 Å². The van der Waals surface area contributed by atoms with Gasteiger partial charge in [-0.3, -0.25) is 19.1 Å². The Morgan fingerprint density at radius 2 is 2.00 bits per heavy atom. The predicted octanol–water partition coefficient (Wildman–Crippen LogP) is 3.01. The second-order valence-electron chi connectivity index (χ2n) is 7.99. The van der Waals surface area contributed by atoms with E-state index in [0.29, 0.717) is 38.0 Å². The first kappa shape index (κ1) is 20.8. The number of nitriles is 1. The zero-order valence-corrected chi connectivity index (χ0v) is 17.4. The number of hydrogen-bond donors (Lipinski definition) is 1. The average molecular weight is 416 g/mol. The third kappa shape index (κ3) is 3.82. The van der Waals surface area contributed by atoms with E-state index in [1.165, 1.54) is 10.5 Å². The van der Waals surface area contributed by atoms with Crippen molar-refractivity contribution in [3.05, 3.63) is 81.5 Å². The molecule has 4 heterocycles. The summed E-state index contributed by atoms with van der Waals surface area (Å²) in [6.07, 6.45) is 3.73. The summed E-state index contributed by atoms with van der Waals surface area (Å²) in [5, 5.41) is 19.4. The van der Waals surface area contributed by atoms with Gasteiger partial charge in [-0.2, -0.15) is 5.26 Å². The highest BCUT2D eigenvalue weighted by atomic mass is 16.4. The number of aryl methyl sites for hydroxylation is 1. The molecule has 1 fully saturated rings. The maximum absolute atomic E-state index is 12.5. The first-order chi connectivity index (χ1) is 15.0. The molecule has 4 rings (SSSR count). The lowest BCUT2D eigenvalue weighted by Gasteiger charge is -2.37. The van der Waals surface area contributed by atoms with E-state index in [9.17, 15) is 20.0 Å². The van der Waals surface area contributed by atoms with Gasteiger partial charge in [0.25, 0.3) is 5.56 Å². The van der Waals surface area contributed by atoms with Crippen LogP contribution in [-0.2, 0) is 18.4 Å². The molecule has 0 spiro atoms. The zero-order valence-electron chi connectivity index (χ0n) is 17.4. The zero-order chi connectivity index (χ0) is 22.0. The molecule has 1 N–H and O–H groups in total. The van der Waals surface area contributed by atoms with Crippen LogP contribution in [0.15, 0.2) is 53.5 Å². The monoisotopic (exact) mass is 416 g/mol. The Labute approximate surface area is 180 Å². The van der Waals surface area contributed by atoms with Crippen LogP contribution in [0.5, 0.6) is 0 Å². The second kappa shape index (κ2) is 8.32. The molecule has 7 heteroatoms. The van der Waals surface area contributed by atoms with Crippen LogP contribution in [0.2, 0.25) is 0 Å². The van der Waals surface area contributed by atoms with Crippen LogP contribution >= 0.6 is 0 Å². The summed E-state index contributed by atoms with van der Waals surface area (Å²) in [6.45, 7) is 3.94. The third-order valence-corrected chi connectivity index (χ3v) is 6.16. The minimum Gasteiger partial charge on any atom is -0.477 e. The van der Waals surface area contributed by atoms with Crippen molar-refractivity contribution in [1.29, 1.82) is 5.26 Å². The number of aromatic nitrogens is 2. The second-order valence-corrected chi connectivity index (χ2v) is 7.99. The van der Waals surface area contributed by atoms with Crippen LogP contribution in [0.1, 0.15) is 47.1 Å². The molecular weight excluding hydrogens is 392 g/mol. The number of likely N-dealkylation sites (tertiary alicyclic amines) is 1. The highest BCUT2D eigenvalue weighted by Gasteiger charge is 2.38. The molecule has 158 valence electrons. The molecule has 1 aliphatic rings. The number of nitrogens with zero attached hydrogens (tertiary/aromatic N) is 4. The minimum atomic E-state index is -1.23. The van der Waals surface area contributed by atoms with Crippen molar-refractivity contribution in [2.75, 3.05) is 13.1 Å². The van der Waals surface area contributed by atoms with Gasteiger partial charge in [-0.05, 0) is 55.2 Å². The molecule has 0 amide bonds. The lowest BCUT2D eigenvalue weighted by Crippen LogP contribution is -2.42. The maximum atomic E-state index is 12.5. The number of rotatable bonds is 5. The molecule has 31 heavy (non-hydrogen) atoms. The number of pyridine rings is 3. The van der Waals surface area contributed by atoms with Crippen molar-refractivity contribution in [3.63, 3.8) is 0 Å². The van der Waals surface area contributed by atoms with Crippen LogP contribution < -0.4 is 5.56 Å². The van der Waals surface area contributed by atoms with E-state index < -0.39 is 16.9 Å². The van der Waals surface area contributed by atoms with Gasteiger partial charge in [0.15, 0.2) is 0 Å². The summed E-state index contributed by atoms with van der Waals surface area (Å²) in [5.74, 6) is -1.23. The molecule has 7 nitrogen and oxygen atoms in total. The SMILES string of the molecule is CCc1cccc(C2(C#N)CCN(Cc3cc(C(=O)O)c(=O)n4ccccc34)CC2)n1. The van der Waals surface area contributed by atoms with Crippen molar-refractivity contribution < 1.29 is 9.90 Å². The fraction of sp³-hybridized carbons (Fsp3) is 0.333. The van der Waals surface area contributed by atoms with E-state index in [0.717, 1.165) is 23.4 Å². The summed E-state index contributed by atoms with van der Waals surface area (Å²) >= 11 is 0. The molecule has 0 radical (unpaired) electrons. The minimum absolute atomic E-state index is 0.234. The molecule has 0 atom stereocenters. The van der Waals surface area contributed by atoms with Crippen molar-refractivity contribution in [1.82, 2.24) is 14.3 Å². The van der Waals surface area contributed by atoms with Gasteiger partial charge in [-0.25, -0.2) is 4.79 Å². The predicted molar refractivity (Wildman–Crippen MR) is 116 cm³/mol. The lowest BCUT2D eigenvalue weighted by atomic mass is 9.76. The van der Waals surface area contributed by atoms with Gasteiger partial charge < -0.3 is 5.11 Å². The molecule has 0 bridgehead atoms. The Hall–Kier alpha value is -3.50. The number of piperidine rings is 1. The Bertz CT molecular complexity index is 1230. The van der Waals surface area contributed by atoms with Gasteiger partial charge in [0.1, 0.15) is 11.0 Å². The standard InChI is InChI=1S/C24H24N4O3/c1-2-18-6-5-8-21(26-18)24(16-25)9-12-27(13-10-24)15-17-14-19(23(30)31)22(29)28-11-4-3-7-20(17)28/h3-8,11,14H,2,9-10,12-13,15H2,1H3,(H,30,31). The fourth-order valence-corrected chi connectivity index (χ4v) is 4.30. The number of carboxylic acid groups (broad SMARTS) is 1. The highest BCUT2D eigenvalue weighted by molar-refractivity contribution is 5.88. The van der Waals surface area contributed by atoms with E-state index in [4.69, 9.17) is 4.98 Å². The summed E-state index contributed by atoms with van der Waals surface area (Å²) in [5.41, 5.74) is 1.93. The molecule has 0 aliphatic carbocycles. The van der Waals surface area contributed by atoms with E-state index in [1.54, 1.807) is 12.3 Å². The number of fused-ring (bicyclic) bond motifs is 1. The number of hydrogen-bond acceptors (Lipinski definition) is 5. The van der Waals surface area contributed by atoms with Crippen molar-refractivity contribution >= 4 is 11.5 Å². The van der Waals surface area contributed by atoms with Gasteiger partial charge >= 0.3 is 5.97 Å². The largest absolute Gasteiger partial charge is 0.477 e. The molecular formula is C24H24N4O3. The van der Waals surface area contributed by atoms with E-state index in [1.807, 2.05) is 30.3 Å². The van der Waals surface area contributed by atoms with Gasteiger partial charge in [-0.15, -0.1) is 0 Å². The van der Waals surface area contributed by atoms with E-state index in [2.05, 4.69) is 17.9 Å². The summed E-state index contributed by atoms with van der Waals surface area (Å²) in [6, 6.07) is 15.3. The van der Waals surface area contributed by atoms with Crippen LogP contribution in [-0.4, -0.2) is 38.4 Å². The van der Waals surface area contributed by atoms with Crippen LogP contribution in [0.25, 0.3) is 5.52 Å². The molecule has 0 unspecified atom stereocenters. The van der Waals surface area contributed by atoms with Crippen molar-refractivity contribution in [2.45, 2.75) is 38.1 Å². The van der Waals surface area contributed by atoms with Crippen molar-refractivity contribution in [2.24, 2.45) is 0 Å². The molecule has 0 aromatic carbocycles. The molecule has 3 aromatic rings. The molecule has 0 saturated carbocycles. The Kier molecular flexibility index (Phi) is 5.57. The topological polar surface area (TPSA) is 98.7 Å². The molecule has 3 aromatic heterocycles.